The molecule has 2 heterocycles. The molecule has 0 bridgehead atoms. The quantitative estimate of drug-likeness (QED) is 0.762. The van der Waals surface area contributed by atoms with Gasteiger partial charge in [0.2, 0.25) is 5.82 Å². The minimum atomic E-state index is 0.619. The van der Waals surface area contributed by atoms with Crippen molar-refractivity contribution >= 4 is 11.3 Å². The van der Waals surface area contributed by atoms with Crippen molar-refractivity contribution in [2.45, 2.75) is 13.5 Å². The van der Waals surface area contributed by atoms with Crippen molar-refractivity contribution in [3.8, 4) is 10.7 Å². The van der Waals surface area contributed by atoms with Crippen molar-refractivity contribution in [1.29, 1.82) is 0 Å². The zero-order valence-corrected chi connectivity index (χ0v) is 10.6. The van der Waals surface area contributed by atoms with Crippen LogP contribution in [0.2, 0.25) is 0 Å². The molecule has 0 aliphatic heterocycles. The molecule has 2 rings (SSSR count). The molecule has 2 aromatic heterocycles. The lowest BCUT2D eigenvalue weighted by molar-refractivity contribution is 0.225. The Morgan fingerprint density at radius 3 is 3.18 bits per heavy atom. The maximum Gasteiger partial charge on any atom is 0.214 e. The smallest absolute Gasteiger partial charge is 0.214 e. The van der Waals surface area contributed by atoms with Crippen LogP contribution in [0.25, 0.3) is 10.7 Å². The Morgan fingerprint density at radius 1 is 1.59 bits per heavy atom. The molecule has 90 valence electrons. The molecular weight excluding hydrogens is 236 g/mol. The number of tetrazole rings is 1. The Morgan fingerprint density at radius 2 is 2.47 bits per heavy atom. The lowest BCUT2D eigenvalue weighted by Gasteiger charge is -1.98. The minimum Gasteiger partial charge on any atom is -0.380 e. The summed E-state index contributed by atoms with van der Waals surface area (Å²) >= 11 is 1.61. The van der Waals surface area contributed by atoms with E-state index in [1.165, 1.54) is 0 Å². The molecule has 0 radical (unpaired) electrons. The van der Waals surface area contributed by atoms with Gasteiger partial charge in [-0.1, -0.05) is 12.1 Å². The summed E-state index contributed by atoms with van der Waals surface area (Å²) in [5, 5.41) is 14.3. The third-order valence-corrected chi connectivity index (χ3v) is 3.04. The van der Waals surface area contributed by atoms with Gasteiger partial charge in [-0.2, -0.15) is 4.80 Å². The normalized spacial score (nSPS) is 12.0. The predicted octanol–water partition coefficient (Wildman–Crippen LogP) is 1.99. The van der Waals surface area contributed by atoms with Gasteiger partial charge in [-0.3, -0.25) is 0 Å². The number of thiophene rings is 1. The van der Waals surface area contributed by atoms with E-state index in [4.69, 9.17) is 4.74 Å². The van der Waals surface area contributed by atoms with Gasteiger partial charge in [-0.25, -0.2) is 0 Å². The number of aromatic nitrogens is 4. The Hall–Kier alpha value is -1.53. The summed E-state index contributed by atoms with van der Waals surface area (Å²) in [5.74, 6) is 0.679. The van der Waals surface area contributed by atoms with E-state index in [-0.39, 0.29) is 0 Å². The topological polar surface area (TPSA) is 52.8 Å². The number of methoxy groups -OCH3 is 1. The van der Waals surface area contributed by atoms with E-state index in [0.717, 1.165) is 10.5 Å². The van der Waals surface area contributed by atoms with Gasteiger partial charge in [0.15, 0.2) is 0 Å². The van der Waals surface area contributed by atoms with Gasteiger partial charge in [-0.15, -0.1) is 21.5 Å². The molecule has 0 fully saturated rings. The number of ether oxygens (including phenoxy) is 1. The summed E-state index contributed by atoms with van der Waals surface area (Å²) < 4.78 is 5.02. The van der Waals surface area contributed by atoms with E-state index in [9.17, 15) is 0 Å². The third kappa shape index (κ3) is 3.21. The van der Waals surface area contributed by atoms with Crippen molar-refractivity contribution in [2.75, 3.05) is 13.7 Å². The van der Waals surface area contributed by atoms with E-state index < -0.39 is 0 Å². The van der Waals surface area contributed by atoms with E-state index in [1.54, 1.807) is 23.2 Å². The van der Waals surface area contributed by atoms with E-state index in [0.29, 0.717) is 19.0 Å². The van der Waals surface area contributed by atoms with Gasteiger partial charge in [-0.05, 0) is 29.2 Å². The van der Waals surface area contributed by atoms with Crippen LogP contribution in [0, 0.1) is 0 Å². The molecule has 2 aromatic rings. The number of rotatable bonds is 5. The average Bonchev–Trinajstić information content (AvgIpc) is 2.97. The maximum absolute atomic E-state index is 5.02. The summed E-state index contributed by atoms with van der Waals surface area (Å²) in [6.45, 7) is 3.26. The second kappa shape index (κ2) is 5.70. The molecule has 0 aliphatic carbocycles. The predicted molar refractivity (Wildman–Crippen MR) is 66.8 cm³/mol. The highest BCUT2D eigenvalue weighted by molar-refractivity contribution is 7.13. The molecule has 5 nitrogen and oxygen atoms in total. The number of hydrogen-bond acceptors (Lipinski definition) is 5. The standard InChI is InChI=1S/C11H14N4OS/c1-9(8-16-2)5-6-15-13-11(12-14-15)10-4-3-7-17-10/h3-5,7H,6,8H2,1-2H3. The summed E-state index contributed by atoms with van der Waals surface area (Å²) in [4.78, 5) is 2.61. The van der Waals surface area contributed by atoms with Crippen LogP contribution >= 0.6 is 11.3 Å². The third-order valence-electron chi connectivity index (χ3n) is 2.17. The first-order valence-electron chi connectivity index (χ1n) is 5.26. The first-order chi connectivity index (χ1) is 8.29. The Kier molecular flexibility index (Phi) is 4.00. The SMILES string of the molecule is COCC(C)=CCn1nnc(-c2cccs2)n1. The van der Waals surface area contributed by atoms with Crippen LogP contribution in [0.1, 0.15) is 6.92 Å². The van der Waals surface area contributed by atoms with Crippen LogP contribution in [0.5, 0.6) is 0 Å². The fourth-order valence-corrected chi connectivity index (χ4v) is 2.00. The van der Waals surface area contributed by atoms with Crippen LogP contribution in [0.4, 0.5) is 0 Å². The Balaban J connectivity index is 2.02. The van der Waals surface area contributed by atoms with E-state index in [2.05, 4.69) is 15.4 Å². The van der Waals surface area contributed by atoms with Crippen LogP contribution in [0.3, 0.4) is 0 Å². The molecule has 0 unspecified atom stereocenters. The van der Waals surface area contributed by atoms with Crippen molar-refractivity contribution in [3.63, 3.8) is 0 Å². The molecule has 0 atom stereocenters. The number of hydrogen-bond donors (Lipinski definition) is 0. The van der Waals surface area contributed by atoms with Gasteiger partial charge in [0.25, 0.3) is 0 Å². The van der Waals surface area contributed by atoms with Crippen LogP contribution in [-0.4, -0.2) is 33.9 Å². The Bertz CT molecular complexity index is 489. The first kappa shape index (κ1) is 11.9. The lowest BCUT2D eigenvalue weighted by Crippen LogP contribution is -2.02. The van der Waals surface area contributed by atoms with E-state index in [1.807, 2.05) is 30.5 Å². The van der Waals surface area contributed by atoms with Crippen LogP contribution in [0.15, 0.2) is 29.2 Å². The molecule has 0 amide bonds. The van der Waals surface area contributed by atoms with Gasteiger partial charge >= 0.3 is 0 Å². The molecule has 0 N–H and O–H groups in total. The fraction of sp³-hybridized carbons (Fsp3) is 0.364. The summed E-state index contributed by atoms with van der Waals surface area (Å²) in [5.41, 5.74) is 1.16. The zero-order chi connectivity index (χ0) is 12.1. The molecular formula is C11H14N4OS. The van der Waals surface area contributed by atoms with Gasteiger partial charge in [0, 0.05) is 7.11 Å². The van der Waals surface area contributed by atoms with Gasteiger partial charge < -0.3 is 4.74 Å². The highest BCUT2D eigenvalue weighted by Crippen LogP contribution is 2.19. The molecule has 6 heteroatoms. The maximum atomic E-state index is 5.02. The lowest BCUT2D eigenvalue weighted by atomic mass is 10.3. The molecule has 17 heavy (non-hydrogen) atoms. The summed E-state index contributed by atoms with van der Waals surface area (Å²) in [6.07, 6.45) is 2.03. The fourth-order valence-electron chi connectivity index (χ4n) is 1.35. The van der Waals surface area contributed by atoms with Gasteiger partial charge in [0.05, 0.1) is 18.0 Å². The molecule has 0 saturated heterocycles. The summed E-state index contributed by atoms with van der Waals surface area (Å²) in [6, 6.07) is 3.96. The molecule has 0 aliphatic rings. The second-order valence-corrected chi connectivity index (χ2v) is 4.58. The first-order valence-corrected chi connectivity index (χ1v) is 6.14. The summed E-state index contributed by atoms with van der Waals surface area (Å²) in [7, 11) is 1.68. The molecule has 0 aromatic carbocycles. The van der Waals surface area contributed by atoms with Gasteiger partial charge in [0.1, 0.15) is 0 Å². The van der Waals surface area contributed by atoms with Crippen LogP contribution < -0.4 is 0 Å². The second-order valence-electron chi connectivity index (χ2n) is 3.63. The molecule has 0 spiro atoms. The van der Waals surface area contributed by atoms with Crippen molar-refractivity contribution < 1.29 is 4.74 Å². The zero-order valence-electron chi connectivity index (χ0n) is 9.83. The highest BCUT2D eigenvalue weighted by Gasteiger charge is 2.05. The van der Waals surface area contributed by atoms with Crippen molar-refractivity contribution in [1.82, 2.24) is 20.2 Å². The van der Waals surface area contributed by atoms with Crippen molar-refractivity contribution in [2.24, 2.45) is 0 Å². The highest BCUT2D eigenvalue weighted by atomic mass is 32.1. The minimum absolute atomic E-state index is 0.619. The largest absolute Gasteiger partial charge is 0.380 e. The van der Waals surface area contributed by atoms with Crippen molar-refractivity contribution in [3.05, 3.63) is 29.2 Å². The number of allylic oxidation sites excluding steroid dienone is 1. The van der Waals surface area contributed by atoms with Crippen LogP contribution in [-0.2, 0) is 11.3 Å². The number of nitrogens with zero attached hydrogens (tertiary/aromatic N) is 4. The molecule has 0 saturated carbocycles. The Labute approximate surface area is 104 Å². The monoisotopic (exact) mass is 250 g/mol. The van der Waals surface area contributed by atoms with E-state index >= 15 is 0 Å². The average molecular weight is 250 g/mol.